The van der Waals surface area contributed by atoms with Crippen LogP contribution in [0.2, 0.25) is 0 Å². The highest BCUT2D eigenvalue weighted by atomic mass is 16.5. The van der Waals surface area contributed by atoms with E-state index in [-0.39, 0.29) is 6.10 Å². The van der Waals surface area contributed by atoms with Crippen LogP contribution in [-0.2, 0) is 17.6 Å². The lowest BCUT2D eigenvalue weighted by atomic mass is 10.1. The molecular formula is C15H18N2O2. The van der Waals surface area contributed by atoms with Gasteiger partial charge in [-0.3, -0.25) is 0 Å². The Morgan fingerprint density at radius 3 is 2.84 bits per heavy atom. The Balaban J connectivity index is 1.50. The Morgan fingerprint density at radius 1 is 1.16 bits per heavy atom. The van der Waals surface area contributed by atoms with Crippen LogP contribution in [0.15, 0.2) is 34.9 Å². The molecule has 1 saturated heterocycles. The molecule has 1 aromatic heterocycles. The number of aromatic nitrogens is 2. The number of benzene rings is 1. The van der Waals surface area contributed by atoms with Crippen LogP contribution >= 0.6 is 0 Å². The zero-order valence-corrected chi connectivity index (χ0v) is 10.9. The second-order valence-corrected chi connectivity index (χ2v) is 4.89. The number of nitrogens with zero attached hydrogens (tertiary/aromatic N) is 2. The predicted octanol–water partition coefficient (Wildman–Crippen LogP) is 3.10. The third-order valence-corrected chi connectivity index (χ3v) is 3.40. The summed E-state index contributed by atoms with van der Waals surface area (Å²) >= 11 is 0. The normalized spacial score (nSPS) is 18.8. The van der Waals surface area contributed by atoms with Crippen LogP contribution in [0, 0.1) is 0 Å². The quantitative estimate of drug-likeness (QED) is 0.826. The van der Waals surface area contributed by atoms with Crippen LogP contribution < -0.4 is 0 Å². The summed E-state index contributed by atoms with van der Waals surface area (Å²) in [6.45, 7) is 0.802. The van der Waals surface area contributed by atoms with Crippen LogP contribution in [0.4, 0.5) is 0 Å². The Hall–Kier alpha value is -1.68. The molecule has 2 heterocycles. The maximum atomic E-state index is 5.53. The smallest absolute Gasteiger partial charge is 0.255 e. The fraction of sp³-hybridized carbons (Fsp3) is 0.467. The summed E-state index contributed by atoms with van der Waals surface area (Å²) in [5, 5.41) is 4.03. The molecule has 1 unspecified atom stereocenters. The van der Waals surface area contributed by atoms with E-state index in [1.807, 2.05) is 6.07 Å². The van der Waals surface area contributed by atoms with Gasteiger partial charge in [0.2, 0.25) is 0 Å². The molecule has 0 bridgehead atoms. The summed E-state index contributed by atoms with van der Waals surface area (Å²) in [7, 11) is 0. The largest absolute Gasteiger partial charge is 0.368 e. The van der Waals surface area contributed by atoms with Gasteiger partial charge >= 0.3 is 0 Å². The number of ether oxygens (including phenoxy) is 1. The Bertz CT molecular complexity index is 504. The van der Waals surface area contributed by atoms with Crippen LogP contribution in [0.1, 0.15) is 42.6 Å². The Labute approximate surface area is 112 Å². The van der Waals surface area contributed by atoms with Crippen molar-refractivity contribution in [1.29, 1.82) is 0 Å². The lowest BCUT2D eigenvalue weighted by Gasteiger charge is -2.00. The van der Waals surface area contributed by atoms with Gasteiger partial charge in [-0.05, 0) is 31.2 Å². The molecule has 0 spiro atoms. The summed E-state index contributed by atoms with van der Waals surface area (Å²) in [5.41, 5.74) is 1.35. The molecule has 2 aromatic rings. The van der Waals surface area contributed by atoms with Crippen molar-refractivity contribution in [1.82, 2.24) is 10.1 Å². The van der Waals surface area contributed by atoms with Gasteiger partial charge in [0.15, 0.2) is 5.82 Å². The van der Waals surface area contributed by atoms with Crippen molar-refractivity contribution in [3.8, 4) is 0 Å². The molecule has 1 fully saturated rings. The van der Waals surface area contributed by atoms with E-state index in [1.54, 1.807) is 0 Å². The van der Waals surface area contributed by atoms with E-state index in [0.29, 0.717) is 5.89 Å². The molecule has 4 heteroatoms. The lowest BCUT2D eigenvalue weighted by molar-refractivity contribution is 0.0835. The fourth-order valence-electron chi connectivity index (χ4n) is 2.37. The maximum absolute atomic E-state index is 5.53. The predicted molar refractivity (Wildman–Crippen MR) is 70.7 cm³/mol. The highest BCUT2D eigenvalue weighted by Gasteiger charge is 2.23. The van der Waals surface area contributed by atoms with Gasteiger partial charge in [0.1, 0.15) is 6.10 Å². The van der Waals surface area contributed by atoms with Crippen molar-refractivity contribution in [3.63, 3.8) is 0 Å². The minimum absolute atomic E-state index is 0.0235. The molecule has 100 valence electrons. The van der Waals surface area contributed by atoms with Crippen LogP contribution in [0.25, 0.3) is 0 Å². The van der Waals surface area contributed by atoms with Crippen LogP contribution in [-0.4, -0.2) is 16.7 Å². The van der Waals surface area contributed by atoms with E-state index in [0.717, 1.165) is 44.5 Å². The van der Waals surface area contributed by atoms with E-state index in [1.165, 1.54) is 5.56 Å². The van der Waals surface area contributed by atoms with Crippen molar-refractivity contribution in [2.75, 3.05) is 6.61 Å². The molecule has 1 aliphatic rings. The van der Waals surface area contributed by atoms with Gasteiger partial charge in [-0.2, -0.15) is 4.98 Å². The Morgan fingerprint density at radius 2 is 2.05 bits per heavy atom. The van der Waals surface area contributed by atoms with E-state index < -0.39 is 0 Å². The van der Waals surface area contributed by atoms with Crippen molar-refractivity contribution < 1.29 is 9.26 Å². The van der Waals surface area contributed by atoms with Crippen molar-refractivity contribution in [2.45, 2.75) is 38.2 Å². The molecule has 1 aromatic carbocycles. The average molecular weight is 258 g/mol. The lowest BCUT2D eigenvalue weighted by Crippen LogP contribution is -1.97. The molecule has 19 heavy (non-hydrogen) atoms. The standard InChI is InChI=1S/C15H18N2O2/c1-2-6-12(7-3-1)8-4-10-14-16-15(19-17-14)13-9-5-11-18-13/h1-3,6-7,13H,4-5,8-11H2. The van der Waals surface area contributed by atoms with E-state index >= 15 is 0 Å². The minimum Gasteiger partial charge on any atom is -0.368 e. The molecule has 0 N–H and O–H groups in total. The molecule has 1 atom stereocenters. The van der Waals surface area contributed by atoms with E-state index in [2.05, 4.69) is 34.4 Å². The third kappa shape index (κ3) is 3.20. The number of hydrogen-bond acceptors (Lipinski definition) is 4. The highest BCUT2D eigenvalue weighted by molar-refractivity contribution is 5.14. The number of aryl methyl sites for hydroxylation is 2. The van der Waals surface area contributed by atoms with Gasteiger partial charge in [0.05, 0.1) is 0 Å². The van der Waals surface area contributed by atoms with E-state index in [4.69, 9.17) is 9.26 Å². The first-order valence-electron chi connectivity index (χ1n) is 6.90. The van der Waals surface area contributed by atoms with Gasteiger partial charge in [0, 0.05) is 13.0 Å². The van der Waals surface area contributed by atoms with E-state index in [9.17, 15) is 0 Å². The first kappa shape index (κ1) is 12.4. The molecular weight excluding hydrogens is 240 g/mol. The monoisotopic (exact) mass is 258 g/mol. The Kier molecular flexibility index (Phi) is 3.89. The van der Waals surface area contributed by atoms with Gasteiger partial charge < -0.3 is 9.26 Å². The maximum Gasteiger partial charge on any atom is 0.255 e. The van der Waals surface area contributed by atoms with Gasteiger partial charge in [-0.1, -0.05) is 35.5 Å². The summed E-state index contributed by atoms with van der Waals surface area (Å²) < 4.78 is 10.8. The van der Waals surface area contributed by atoms with Crippen LogP contribution in [0.5, 0.6) is 0 Å². The SMILES string of the molecule is c1ccc(CCCc2noc(C3CCCO3)n2)cc1. The second kappa shape index (κ2) is 5.97. The van der Waals surface area contributed by atoms with Gasteiger partial charge in [-0.15, -0.1) is 0 Å². The number of hydrogen-bond donors (Lipinski definition) is 0. The molecule has 0 aliphatic carbocycles. The first-order valence-corrected chi connectivity index (χ1v) is 6.90. The molecule has 0 saturated carbocycles. The summed E-state index contributed by atoms with van der Waals surface area (Å²) in [5.74, 6) is 1.44. The average Bonchev–Trinajstić information content (AvgIpc) is 3.10. The summed E-state index contributed by atoms with van der Waals surface area (Å²) in [6.07, 6.45) is 5.03. The second-order valence-electron chi connectivity index (χ2n) is 4.89. The number of rotatable bonds is 5. The molecule has 1 aliphatic heterocycles. The molecule has 3 rings (SSSR count). The summed E-state index contributed by atoms with van der Waals surface area (Å²) in [6, 6.07) is 10.5. The van der Waals surface area contributed by atoms with Crippen molar-refractivity contribution >= 4 is 0 Å². The fourth-order valence-corrected chi connectivity index (χ4v) is 2.37. The first-order chi connectivity index (χ1) is 9.42. The molecule has 4 nitrogen and oxygen atoms in total. The summed E-state index contributed by atoms with van der Waals surface area (Å²) in [4.78, 5) is 4.42. The van der Waals surface area contributed by atoms with Gasteiger partial charge in [-0.25, -0.2) is 0 Å². The van der Waals surface area contributed by atoms with Gasteiger partial charge in [0.25, 0.3) is 5.89 Å². The molecule has 0 radical (unpaired) electrons. The minimum atomic E-state index is 0.0235. The highest BCUT2D eigenvalue weighted by Crippen LogP contribution is 2.27. The van der Waals surface area contributed by atoms with Crippen molar-refractivity contribution in [2.24, 2.45) is 0 Å². The zero-order valence-electron chi connectivity index (χ0n) is 10.9. The topological polar surface area (TPSA) is 48.2 Å². The molecule has 0 amide bonds. The van der Waals surface area contributed by atoms with Crippen LogP contribution in [0.3, 0.4) is 0 Å². The van der Waals surface area contributed by atoms with Crippen molar-refractivity contribution in [3.05, 3.63) is 47.6 Å². The third-order valence-electron chi connectivity index (χ3n) is 3.40. The zero-order chi connectivity index (χ0) is 12.9.